The second-order valence-corrected chi connectivity index (χ2v) is 6.62. The lowest BCUT2D eigenvalue weighted by Gasteiger charge is -2.21. The summed E-state index contributed by atoms with van der Waals surface area (Å²) in [5.41, 5.74) is 5.44. The first-order valence-electron chi connectivity index (χ1n) is 8.12. The summed E-state index contributed by atoms with van der Waals surface area (Å²) in [5.74, 6) is 0.401. The fourth-order valence-electron chi connectivity index (χ4n) is 2.03. The van der Waals surface area contributed by atoms with Crippen molar-refractivity contribution in [3.8, 4) is 0 Å². The van der Waals surface area contributed by atoms with Gasteiger partial charge in [0.25, 0.3) is 0 Å². The van der Waals surface area contributed by atoms with Gasteiger partial charge in [-0.2, -0.15) is 0 Å². The van der Waals surface area contributed by atoms with Gasteiger partial charge in [0.2, 0.25) is 5.91 Å². The van der Waals surface area contributed by atoms with Crippen molar-refractivity contribution in [1.82, 2.24) is 10.3 Å². The summed E-state index contributed by atoms with van der Waals surface area (Å²) in [6.45, 7) is 5.94. The number of nitrogens with two attached hydrogens (primary N) is 1. The molecule has 7 heteroatoms. The topological polar surface area (TPSA) is 97.6 Å². The van der Waals surface area contributed by atoms with Gasteiger partial charge in [0.15, 0.2) is 0 Å². The molecule has 0 bridgehead atoms. The van der Waals surface area contributed by atoms with Crippen LogP contribution in [-0.2, 0) is 9.53 Å². The van der Waals surface area contributed by atoms with Crippen molar-refractivity contribution in [1.29, 1.82) is 0 Å². The van der Waals surface area contributed by atoms with E-state index in [0.29, 0.717) is 18.8 Å². The molecule has 0 aliphatic carbocycles. The lowest BCUT2D eigenvalue weighted by molar-refractivity contribution is -0.119. The van der Waals surface area contributed by atoms with E-state index in [1.165, 1.54) is 4.90 Å². The average Bonchev–Trinajstić information content (AvgIpc) is 2.52. The lowest BCUT2D eigenvalue weighted by atomic mass is 10.1. The van der Waals surface area contributed by atoms with E-state index < -0.39 is 17.7 Å². The minimum Gasteiger partial charge on any atom is -0.444 e. The highest BCUT2D eigenvalue weighted by molar-refractivity contribution is 5.95. The number of pyridine rings is 1. The smallest absolute Gasteiger partial charge is 0.407 e. The zero-order valence-electron chi connectivity index (χ0n) is 14.9. The summed E-state index contributed by atoms with van der Waals surface area (Å²) in [6.07, 6.45) is 3.21. The van der Waals surface area contributed by atoms with Crippen LogP contribution in [0.3, 0.4) is 0 Å². The molecular weight excluding hydrogens is 308 g/mol. The molecule has 1 atom stereocenters. The summed E-state index contributed by atoms with van der Waals surface area (Å²) in [4.78, 5) is 29.3. The quantitative estimate of drug-likeness (QED) is 0.743. The maximum atomic E-state index is 12.2. The number of likely N-dealkylation sites (N-methyl/N-ethyl adjacent to an activating group) is 1. The first kappa shape index (κ1) is 19.9. The maximum Gasteiger partial charge on any atom is 0.407 e. The highest BCUT2D eigenvalue weighted by Crippen LogP contribution is 2.10. The molecule has 7 nitrogen and oxygen atoms in total. The van der Waals surface area contributed by atoms with Gasteiger partial charge in [-0.1, -0.05) is 6.07 Å². The summed E-state index contributed by atoms with van der Waals surface area (Å²) in [5, 5.41) is 2.68. The summed E-state index contributed by atoms with van der Waals surface area (Å²) >= 11 is 0. The number of unbranched alkanes of at least 4 members (excludes halogenated alkanes) is 1. The number of rotatable bonds is 7. The van der Waals surface area contributed by atoms with Crippen molar-refractivity contribution in [3.05, 3.63) is 24.4 Å². The van der Waals surface area contributed by atoms with Gasteiger partial charge < -0.3 is 15.8 Å². The summed E-state index contributed by atoms with van der Waals surface area (Å²) in [7, 11) is 1.66. The minimum atomic E-state index is -0.585. The van der Waals surface area contributed by atoms with Crippen LogP contribution in [0.2, 0.25) is 0 Å². The van der Waals surface area contributed by atoms with Crippen LogP contribution < -0.4 is 16.0 Å². The molecule has 1 unspecified atom stereocenters. The lowest BCUT2D eigenvalue weighted by Crippen LogP contribution is -2.42. The second kappa shape index (κ2) is 9.22. The number of carbonyl (C=O) groups excluding carboxylic acids is 2. The molecule has 1 aromatic heterocycles. The third-order valence-corrected chi connectivity index (χ3v) is 3.25. The molecule has 3 N–H and O–H groups in total. The van der Waals surface area contributed by atoms with Crippen LogP contribution in [0.5, 0.6) is 0 Å². The predicted octanol–water partition coefficient (Wildman–Crippen LogP) is 2.07. The van der Waals surface area contributed by atoms with Crippen molar-refractivity contribution in [3.63, 3.8) is 0 Å². The fraction of sp³-hybridized carbons (Fsp3) is 0.588. The third-order valence-electron chi connectivity index (χ3n) is 3.25. The number of aromatic nitrogens is 1. The van der Waals surface area contributed by atoms with Gasteiger partial charge in [-0.25, -0.2) is 9.78 Å². The normalized spacial score (nSPS) is 12.4. The Hall–Kier alpha value is -2.15. The Balaban J connectivity index is 2.25. The molecule has 0 spiro atoms. The summed E-state index contributed by atoms with van der Waals surface area (Å²) < 4.78 is 5.14. The van der Waals surface area contributed by atoms with E-state index in [2.05, 4.69) is 10.3 Å². The maximum absolute atomic E-state index is 12.2. The fourth-order valence-corrected chi connectivity index (χ4v) is 2.03. The highest BCUT2D eigenvalue weighted by atomic mass is 16.6. The Morgan fingerprint density at radius 1 is 1.33 bits per heavy atom. The van der Waals surface area contributed by atoms with Crippen molar-refractivity contribution < 1.29 is 14.3 Å². The number of hydrogen-bond donors (Lipinski definition) is 2. The van der Waals surface area contributed by atoms with Gasteiger partial charge in [-0.05, 0) is 52.2 Å². The molecule has 1 rings (SSSR count). The van der Waals surface area contributed by atoms with Crippen LogP contribution in [0.4, 0.5) is 10.6 Å². The zero-order valence-corrected chi connectivity index (χ0v) is 14.9. The van der Waals surface area contributed by atoms with Gasteiger partial charge in [0, 0.05) is 19.8 Å². The molecule has 0 radical (unpaired) electrons. The van der Waals surface area contributed by atoms with Crippen molar-refractivity contribution in [2.24, 2.45) is 5.73 Å². The number of nitrogens with one attached hydrogen (secondary N) is 1. The molecule has 1 aromatic rings. The Kier molecular flexibility index (Phi) is 7.64. The SMILES string of the molecule is CN(C(=O)C(N)CCCCNC(=O)OC(C)(C)C)c1ccccn1. The Labute approximate surface area is 143 Å². The number of anilines is 1. The zero-order chi connectivity index (χ0) is 18.2. The van der Waals surface area contributed by atoms with E-state index in [1.807, 2.05) is 26.8 Å². The van der Waals surface area contributed by atoms with Gasteiger partial charge in [-0.15, -0.1) is 0 Å². The van der Waals surface area contributed by atoms with Crippen LogP contribution in [-0.4, -0.2) is 42.2 Å². The van der Waals surface area contributed by atoms with Crippen LogP contribution in [0, 0.1) is 0 Å². The first-order chi connectivity index (χ1) is 11.2. The molecule has 0 aliphatic rings. The molecule has 1 heterocycles. The number of alkyl carbamates (subject to hydrolysis) is 1. The largest absolute Gasteiger partial charge is 0.444 e. The van der Waals surface area contributed by atoms with E-state index in [1.54, 1.807) is 25.4 Å². The molecular formula is C17H28N4O3. The van der Waals surface area contributed by atoms with Crippen molar-refractivity contribution in [2.45, 2.75) is 51.7 Å². The molecule has 2 amide bonds. The number of carbonyl (C=O) groups is 2. The van der Waals surface area contributed by atoms with Crippen molar-refractivity contribution in [2.75, 3.05) is 18.5 Å². The first-order valence-corrected chi connectivity index (χ1v) is 8.12. The predicted molar refractivity (Wildman–Crippen MR) is 93.7 cm³/mol. The number of nitrogens with zero attached hydrogens (tertiary/aromatic N) is 2. The molecule has 0 fully saturated rings. The van der Waals surface area contributed by atoms with Gasteiger partial charge in [-0.3, -0.25) is 9.69 Å². The standard InChI is InChI=1S/C17H28N4O3/c1-17(2,3)24-16(23)20-12-7-5-9-13(18)15(22)21(4)14-10-6-8-11-19-14/h6,8,10-11,13H,5,7,9,12,18H2,1-4H3,(H,20,23). The van der Waals surface area contributed by atoms with E-state index >= 15 is 0 Å². The average molecular weight is 336 g/mol. The van der Waals surface area contributed by atoms with E-state index in [9.17, 15) is 9.59 Å². The van der Waals surface area contributed by atoms with Crippen molar-refractivity contribution >= 4 is 17.8 Å². The third kappa shape index (κ3) is 7.41. The molecule has 0 saturated heterocycles. The van der Waals surface area contributed by atoms with Gasteiger partial charge in [0.1, 0.15) is 11.4 Å². The summed E-state index contributed by atoms with van der Waals surface area (Å²) in [6, 6.07) is 4.79. The van der Waals surface area contributed by atoms with Gasteiger partial charge >= 0.3 is 6.09 Å². The number of amides is 2. The van der Waals surface area contributed by atoms with Gasteiger partial charge in [0.05, 0.1) is 6.04 Å². The molecule has 0 aliphatic heterocycles. The van der Waals surface area contributed by atoms with E-state index in [0.717, 1.165) is 12.8 Å². The van der Waals surface area contributed by atoms with E-state index in [4.69, 9.17) is 10.5 Å². The van der Waals surface area contributed by atoms with Crippen LogP contribution >= 0.6 is 0 Å². The monoisotopic (exact) mass is 336 g/mol. The second-order valence-electron chi connectivity index (χ2n) is 6.62. The Morgan fingerprint density at radius 2 is 2.04 bits per heavy atom. The van der Waals surface area contributed by atoms with Crippen LogP contribution in [0.25, 0.3) is 0 Å². The molecule has 0 saturated carbocycles. The molecule has 24 heavy (non-hydrogen) atoms. The van der Waals surface area contributed by atoms with Crippen LogP contribution in [0.15, 0.2) is 24.4 Å². The molecule has 134 valence electrons. The number of hydrogen-bond acceptors (Lipinski definition) is 5. The molecule has 0 aromatic carbocycles. The highest BCUT2D eigenvalue weighted by Gasteiger charge is 2.19. The minimum absolute atomic E-state index is 0.172. The van der Waals surface area contributed by atoms with Crippen LogP contribution in [0.1, 0.15) is 40.0 Å². The number of ether oxygens (including phenoxy) is 1. The van der Waals surface area contributed by atoms with E-state index in [-0.39, 0.29) is 5.91 Å². The Morgan fingerprint density at radius 3 is 2.62 bits per heavy atom. The Bertz CT molecular complexity index is 528.